The molecule has 1 N–H and O–H groups in total. The van der Waals surface area contributed by atoms with Crippen molar-refractivity contribution in [2.75, 3.05) is 6.26 Å². The summed E-state index contributed by atoms with van der Waals surface area (Å²) < 4.78 is 0. The average molecular weight is 132 g/mol. The maximum atomic E-state index is 9.00. The summed E-state index contributed by atoms with van der Waals surface area (Å²) in [7, 11) is 0. The summed E-state index contributed by atoms with van der Waals surface area (Å²) in [4.78, 5) is 0. The Morgan fingerprint density at radius 3 is 2.38 bits per heavy atom. The van der Waals surface area contributed by atoms with E-state index in [9.17, 15) is 0 Å². The van der Waals surface area contributed by atoms with Crippen molar-refractivity contribution < 1.29 is 5.11 Å². The molecule has 1 rings (SSSR count). The number of thioether (sulfide) groups is 1. The Hall–Kier alpha value is 0.310. The summed E-state index contributed by atoms with van der Waals surface area (Å²) >= 11 is 1.86. The summed E-state index contributed by atoms with van der Waals surface area (Å²) in [5.41, 5.74) is 0. The fraction of sp³-hybridized carbons (Fsp3) is 1.00. The van der Waals surface area contributed by atoms with Gasteiger partial charge in [0.2, 0.25) is 0 Å². The third-order valence-corrected chi connectivity index (χ3v) is 3.20. The molecule has 0 aromatic heterocycles. The molecule has 1 nitrogen and oxygen atoms in total. The van der Waals surface area contributed by atoms with E-state index >= 15 is 0 Å². The molecule has 8 heavy (non-hydrogen) atoms. The molecule has 0 aromatic carbocycles. The van der Waals surface area contributed by atoms with Gasteiger partial charge >= 0.3 is 0 Å². The van der Waals surface area contributed by atoms with Crippen molar-refractivity contribution in [1.82, 2.24) is 0 Å². The Morgan fingerprint density at radius 1 is 1.62 bits per heavy atom. The molecule has 1 aliphatic carbocycles. The quantitative estimate of drug-likeness (QED) is 0.577. The fourth-order valence-electron chi connectivity index (χ4n) is 1.03. The van der Waals surface area contributed by atoms with Crippen LogP contribution >= 0.6 is 11.8 Å². The van der Waals surface area contributed by atoms with Gasteiger partial charge in [0.15, 0.2) is 0 Å². The molecule has 0 spiro atoms. The van der Waals surface area contributed by atoms with E-state index in [4.69, 9.17) is 5.11 Å². The van der Waals surface area contributed by atoms with Gasteiger partial charge in [0.05, 0.1) is 6.10 Å². The number of hydrogen-bond donors (Lipinski definition) is 1. The summed E-state index contributed by atoms with van der Waals surface area (Å²) in [6, 6.07) is 0. The van der Waals surface area contributed by atoms with E-state index < -0.39 is 0 Å². The lowest BCUT2D eigenvalue weighted by atomic mass is 9.83. The molecular formula is C6H12OS. The summed E-state index contributed by atoms with van der Waals surface area (Å²) in [6.45, 7) is 2.11. The molecule has 0 aromatic rings. The van der Waals surface area contributed by atoms with E-state index in [1.54, 1.807) is 0 Å². The second kappa shape index (κ2) is 2.28. The zero-order valence-corrected chi connectivity index (χ0v) is 6.11. The summed E-state index contributed by atoms with van der Waals surface area (Å²) in [5.74, 6) is 0.532. The van der Waals surface area contributed by atoms with Crippen LogP contribution in [0.2, 0.25) is 0 Å². The minimum Gasteiger partial charge on any atom is -0.393 e. The maximum Gasteiger partial charge on any atom is 0.0587 e. The van der Waals surface area contributed by atoms with Gasteiger partial charge in [-0.05, 0) is 18.6 Å². The van der Waals surface area contributed by atoms with Crippen LogP contribution in [0.3, 0.4) is 0 Å². The molecule has 0 radical (unpaired) electrons. The van der Waals surface area contributed by atoms with Crippen molar-refractivity contribution in [3.63, 3.8) is 0 Å². The van der Waals surface area contributed by atoms with Crippen LogP contribution in [0.25, 0.3) is 0 Å². The van der Waals surface area contributed by atoms with Crippen LogP contribution < -0.4 is 0 Å². The van der Waals surface area contributed by atoms with Crippen molar-refractivity contribution in [2.45, 2.75) is 24.7 Å². The third kappa shape index (κ3) is 0.869. The van der Waals surface area contributed by atoms with Crippen LogP contribution in [-0.2, 0) is 0 Å². The number of rotatable bonds is 1. The SMILES string of the molecule is CSC1C[C@@H](O)C1C. The Balaban J connectivity index is 2.25. The minimum atomic E-state index is -0.00699. The van der Waals surface area contributed by atoms with Gasteiger partial charge in [-0.25, -0.2) is 0 Å². The highest BCUT2D eigenvalue weighted by molar-refractivity contribution is 7.99. The highest BCUT2D eigenvalue weighted by Crippen LogP contribution is 2.35. The lowest BCUT2D eigenvalue weighted by Crippen LogP contribution is -2.41. The molecule has 3 atom stereocenters. The Labute approximate surface area is 54.5 Å². The Bertz CT molecular complexity index is 84.6. The Kier molecular flexibility index (Phi) is 1.83. The molecule has 1 aliphatic rings. The largest absolute Gasteiger partial charge is 0.393 e. The molecule has 0 aliphatic heterocycles. The second-order valence-electron chi connectivity index (χ2n) is 2.44. The van der Waals surface area contributed by atoms with Crippen molar-refractivity contribution >= 4 is 11.8 Å². The average Bonchev–Trinajstić information content (AvgIpc) is 1.81. The molecule has 48 valence electrons. The first-order valence-corrected chi connectivity index (χ1v) is 4.25. The van der Waals surface area contributed by atoms with Crippen LogP contribution in [0.1, 0.15) is 13.3 Å². The molecule has 1 fully saturated rings. The first-order valence-electron chi connectivity index (χ1n) is 2.96. The van der Waals surface area contributed by atoms with E-state index in [2.05, 4.69) is 13.2 Å². The minimum absolute atomic E-state index is 0.00699. The van der Waals surface area contributed by atoms with Gasteiger partial charge in [-0.15, -0.1) is 0 Å². The van der Waals surface area contributed by atoms with Gasteiger partial charge in [0.25, 0.3) is 0 Å². The third-order valence-electron chi connectivity index (χ3n) is 1.97. The molecule has 2 heteroatoms. The summed E-state index contributed by atoms with van der Waals surface area (Å²) in [5, 5.41) is 9.73. The zero-order chi connectivity index (χ0) is 6.15. The highest BCUT2D eigenvalue weighted by atomic mass is 32.2. The van der Waals surface area contributed by atoms with Gasteiger partial charge in [-0.2, -0.15) is 11.8 Å². The monoisotopic (exact) mass is 132 g/mol. The fourth-order valence-corrected chi connectivity index (χ4v) is 2.03. The number of aliphatic hydroxyl groups excluding tert-OH is 1. The van der Waals surface area contributed by atoms with Crippen LogP contribution in [0.15, 0.2) is 0 Å². The van der Waals surface area contributed by atoms with Crippen LogP contribution in [0, 0.1) is 5.92 Å². The maximum absolute atomic E-state index is 9.00. The highest BCUT2D eigenvalue weighted by Gasteiger charge is 2.35. The van der Waals surface area contributed by atoms with Gasteiger partial charge < -0.3 is 5.11 Å². The number of aliphatic hydroxyl groups is 1. The lowest BCUT2D eigenvalue weighted by Gasteiger charge is -2.37. The van der Waals surface area contributed by atoms with E-state index in [-0.39, 0.29) is 6.10 Å². The van der Waals surface area contributed by atoms with Crippen LogP contribution in [0.5, 0.6) is 0 Å². The lowest BCUT2D eigenvalue weighted by molar-refractivity contribution is 0.0417. The van der Waals surface area contributed by atoms with E-state index in [0.717, 1.165) is 11.7 Å². The van der Waals surface area contributed by atoms with Gasteiger partial charge in [-0.1, -0.05) is 6.92 Å². The van der Waals surface area contributed by atoms with Gasteiger partial charge in [0, 0.05) is 5.25 Å². The van der Waals surface area contributed by atoms with E-state index in [1.807, 2.05) is 11.8 Å². The number of hydrogen-bond acceptors (Lipinski definition) is 2. The molecular weight excluding hydrogens is 120 g/mol. The van der Waals surface area contributed by atoms with Gasteiger partial charge in [0.1, 0.15) is 0 Å². The smallest absolute Gasteiger partial charge is 0.0587 e. The van der Waals surface area contributed by atoms with Crippen molar-refractivity contribution in [1.29, 1.82) is 0 Å². The molecule has 2 unspecified atom stereocenters. The molecule has 0 bridgehead atoms. The summed E-state index contributed by atoms with van der Waals surface area (Å²) in [6.07, 6.45) is 3.10. The predicted molar refractivity (Wildman–Crippen MR) is 37.1 cm³/mol. The van der Waals surface area contributed by atoms with Crippen LogP contribution in [-0.4, -0.2) is 22.7 Å². The van der Waals surface area contributed by atoms with E-state index in [1.165, 1.54) is 0 Å². The first kappa shape index (κ1) is 6.43. The molecule has 0 heterocycles. The van der Waals surface area contributed by atoms with Gasteiger partial charge in [-0.3, -0.25) is 0 Å². The van der Waals surface area contributed by atoms with E-state index in [0.29, 0.717) is 5.92 Å². The molecule has 1 saturated carbocycles. The molecule has 0 saturated heterocycles. The normalized spacial score (nSPS) is 46.1. The molecule has 0 amide bonds. The predicted octanol–water partition coefficient (Wildman–Crippen LogP) is 1.12. The zero-order valence-electron chi connectivity index (χ0n) is 5.29. The van der Waals surface area contributed by atoms with Crippen molar-refractivity contribution in [3.05, 3.63) is 0 Å². The second-order valence-corrected chi connectivity index (χ2v) is 3.51. The van der Waals surface area contributed by atoms with Crippen molar-refractivity contribution in [3.8, 4) is 0 Å². The van der Waals surface area contributed by atoms with Crippen molar-refractivity contribution in [2.24, 2.45) is 5.92 Å². The standard InChI is InChI=1S/C6H12OS/c1-4-5(7)3-6(4)8-2/h4-7H,3H2,1-2H3/t4?,5-,6?/m1/s1. The topological polar surface area (TPSA) is 20.2 Å². The first-order chi connectivity index (χ1) is 3.75. The van der Waals surface area contributed by atoms with Crippen LogP contribution in [0.4, 0.5) is 0 Å². The Morgan fingerprint density at radius 2 is 2.25 bits per heavy atom.